The van der Waals surface area contributed by atoms with Crippen molar-refractivity contribution in [3.05, 3.63) is 28.8 Å². The molecule has 1 aromatic carbocycles. The molecular formula is C18H22FN3O2S2. The van der Waals surface area contributed by atoms with E-state index in [4.69, 9.17) is 0 Å². The second-order valence-corrected chi connectivity index (χ2v) is 8.61. The lowest BCUT2D eigenvalue weighted by molar-refractivity contribution is -0.129. The Bertz CT molecular complexity index is 882. The van der Waals surface area contributed by atoms with Crippen LogP contribution < -0.4 is 4.80 Å². The van der Waals surface area contributed by atoms with E-state index < -0.39 is 0 Å². The maximum atomic E-state index is 13.3. The maximum Gasteiger partial charge on any atom is 0.258 e. The summed E-state index contributed by atoms with van der Waals surface area (Å²) in [4.78, 5) is 30.8. The molecule has 0 aliphatic carbocycles. The second-order valence-electron chi connectivity index (χ2n) is 6.62. The molecule has 0 bridgehead atoms. The van der Waals surface area contributed by atoms with Gasteiger partial charge in [0.1, 0.15) is 5.82 Å². The second kappa shape index (κ2) is 8.35. The number of hydrogen-bond acceptors (Lipinski definition) is 4. The van der Waals surface area contributed by atoms with Crippen molar-refractivity contribution >= 4 is 45.1 Å². The molecule has 26 heavy (non-hydrogen) atoms. The average molecular weight is 396 g/mol. The minimum absolute atomic E-state index is 0.0950. The Morgan fingerprint density at radius 2 is 2.04 bits per heavy atom. The van der Waals surface area contributed by atoms with Gasteiger partial charge >= 0.3 is 0 Å². The summed E-state index contributed by atoms with van der Waals surface area (Å²) in [5.41, 5.74) is 0.838. The first-order chi connectivity index (χ1) is 12.4. The van der Waals surface area contributed by atoms with Crippen molar-refractivity contribution < 1.29 is 14.0 Å². The van der Waals surface area contributed by atoms with Crippen LogP contribution in [0.5, 0.6) is 0 Å². The Morgan fingerprint density at radius 1 is 1.31 bits per heavy atom. The molecule has 8 heteroatoms. The van der Waals surface area contributed by atoms with Crippen molar-refractivity contribution in [2.45, 2.75) is 19.8 Å². The van der Waals surface area contributed by atoms with Gasteiger partial charge < -0.3 is 9.47 Å². The third kappa shape index (κ3) is 4.54. The van der Waals surface area contributed by atoms with Gasteiger partial charge in [-0.25, -0.2) is 4.39 Å². The molecule has 2 aromatic rings. The van der Waals surface area contributed by atoms with Crippen molar-refractivity contribution in [2.75, 3.05) is 24.6 Å². The summed E-state index contributed by atoms with van der Waals surface area (Å²) >= 11 is 2.58. The first-order valence-corrected chi connectivity index (χ1v) is 10.6. The fourth-order valence-electron chi connectivity index (χ4n) is 2.93. The van der Waals surface area contributed by atoms with E-state index >= 15 is 0 Å². The quantitative estimate of drug-likeness (QED) is 0.800. The summed E-state index contributed by atoms with van der Waals surface area (Å²) in [5.74, 6) is 0.661. The van der Waals surface area contributed by atoms with Crippen LogP contribution in [0.25, 0.3) is 10.2 Å². The number of piperidine rings is 1. The molecule has 0 atom stereocenters. The number of nitrogens with zero attached hydrogens (tertiary/aromatic N) is 3. The molecule has 0 saturated carbocycles. The zero-order valence-electron chi connectivity index (χ0n) is 14.9. The Labute approximate surface area is 159 Å². The molecule has 1 aromatic heterocycles. The summed E-state index contributed by atoms with van der Waals surface area (Å²) in [5, 5.41) is 0. The molecule has 5 nitrogen and oxygen atoms in total. The van der Waals surface area contributed by atoms with Crippen molar-refractivity contribution in [3.8, 4) is 0 Å². The highest BCUT2D eigenvalue weighted by Crippen LogP contribution is 2.18. The number of thiazole rings is 1. The van der Waals surface area contributed by atoms with E-state index in [-0.39, 0.29) is 23.4 Å². The largest absolute Gasteiger partial charge is 0.342 e. The number of carbonyl (C=O) groups is 2. The molecule has 0 unspecified atom stereocenters. The average Bonchev–Trinajstić information content (AvgIpc) is 2.90. The Morgan fingerprint density at radius 3 is 2.77 bits per heavy atom. The fraction of sp³-hybridized carbons (Fsp3) is 0.500. The molecule has 0 N–H and O–H groups in total. The summed E-state index contributed by atoms with van der Waals surface area (Å²) in [6.45, 7) is 3.83. The molecule has 1 aliphatic rings. The van der Waals surface area contributed by atoms with Gasteiger partial charge in [0, 0.05) is 20.1 Å². The number of fused-ring (bicyclic) bond motifs is 1. The smallest absolute Gasteiger partial charge is 0.258 e. The number of likely N-dealkylation sites (tertiary alicyclic amines) is 1. The molecule has 2 amide bonds. The van der Waals surface area contributed by atoms with E-state index in [1.165, 1.54) is 35.2 Å². The van der Waals surface area contributed by atoms with E-state index in [9.17, 15) is 14.0 Å². The molecule has 3 rings (SSSR count). The zero-order chi connectivity index (χ0) is 18.7. The van der Waals surface area contributed by atoms with Crippen molar-refractivity contribution in [1.29, 1.82) is 0 Å². The molecular weight excluding hydrogens is 373 g/mol. The summed E-state index contributed by atoms with van der Waals surface area (Å²) < 4.78 is 15.8. The minimum atomic E-state index is -0.307. The monoisotopic (exact) mass is 395 g/mol. The molecule has 1 fully saturated rings. The third-order valence-corrected chi connectivity index (χ3v) is 6.58. The van der Waals surface area contributed by atoms with E-state index in [1.807, 2.05) is 4.90 Å². The highest BCUT2D eigenvalue weighted by Gasteiger charge is 2.20. The lowest BCUT2D eigenvalue weighted by atomic mass is 9.99. The number of aromatic nitrogens is 1. The summed E-state index contributed by atoms with van der Waals surface area (Å²) in [6.07, 6.45) is 2.10. The van der Waals surface area contributed by atoms with Gasteiger partial charge in [-0.05, 0) is 37.0 Å². The van der Waals surface area contributed by atoms with Crippen LogP contribution >= 0.6 is 23.1 Å². The van der Waals surface area contributed by atoms with E-state index in [0.717, 1.165) is 36.1 Å². The Balaban J connectivity index is 1.56. The minimum Gasteiger partial charge on any atom is -0.342 e. The van der Waals surface area contributed by atoms with Gasteiger partial charge in [-0.3, -0.25) is 9.59 Å². The van der Waals surface area contributed by atoms with Gasteiger partial charge in [-0.15, -0.1) is 11.8 Å². The van der Waals surface area contributed by atoms with Crippen LogP contribution in [-0.2, 0) is 16.6 Å². The summed E-state index contributed by atoms with van der Waals surface area (Å²) in [6, 6.07) is 4.51. The Kier molecular flexibility index (Phi) is 6.13. The number of amides is 2. The highest BCUT2D eigenvalue weighted by atomic mass is 32.2. The van der Waals surface area contributed by atoms with Gasteiger partial charge in [0.25, 0.3) is 5.91 Å². The standard InChI is InChI=1S/C18H22FN3O2S2/c1-12-5-7-22(8-6-12)17(24)11-25-10-16(23)20-18-21(2)14-4-3-13(19)9-15(14)26-18/h3-4,9,12H,5-8,10-11H2,1-2H3. The number of halogens is 1. The number of aryl methyl sites for hydroxylation is 1. The first kappa shape index (κ1) is 19.1. The van der Waals surface area contributed by atoms with Gasteiger partial charge in [-0.1, -0.05) is 18.3 Å². The summed E-state index contributed by atoms with van der Waals surface area (Å²) in [7, 11) is 1.80. The van der Waals surface area contributed by atoms with Crippen LogP contribution in [0.3, 0.4) is 0 Å². The van der Waals surface area contributed by atoms with Crippen molar-refractivity contribution in [3.63, 3.8) is 0 Å². The van der Waals surface area contributed by atoms with Crippen molar-refractivity contribution in [2.24, 2.45) is 18.0 Å². The van der Waals surface area contributed by atoms with Crippen LogP contribution in [0.4, 0.5) is 4.39 Å². The molecule has 0 radical (unpaired) electrons. The SMILES string of the molecule is CC1CCN(C(=O)CSCC(=O)N=c2sc3cc(F)ccc3n2C)CC1. The van der Waals surface area contributed by atoms with Gasteiger partial charge in [0.2, 0.25) is 5.91 Å². The molecule has 1 saturated heterocycles. The Hall–Kier alpha value is -1.67. The molecule has 1 aliphatic heterocycles. The van der Waals surface area contributed by atoms with Gasteiger partial charge in [-0.2, -0.15) is 4.99 Å². The van der Waals surface area contributed by atoms with Crippen LogP contribution in [0.1, 0.15) is 19.8 Å². The van der Waals surface area contributed by atoms with Gasteiger partial charge in [0.05, 0.1) is 21.7 Å². The molecule has 0 spiro atoms. The first-order valence-electron chi connectivity index (χ1n) is 8.62. The van der Waals surface area contributed by atoms with E-state index in [0.29, 0.717) is 16.5 Å². The fourth-order valence-corrected chi connectivity index (χ4v) is 4.69. The maximum absolute atomic E-state index is 13.3. The molecule has 140 valence electrons. The normalized spacial score (nSPS) is 16.4. The predicted octanol–water partition coefficient (Wildman–Crippen LogP) is 2.80. The lowest BCUT2D eigenvalue weighted by Crippen LogP contribution is -2.39. The van der Waals surface area contributed by atoms with E-state index in [1.54, 1.807) is 17.7 Å². The number of hydrogen-bond donors (Lipinski definition) is 0. The zero-order valence-corrected chi connectivity index (χ0v) is 16.5. The lowest BCUT2D eigenvalue weighted by Gasteiger charge is -2.30. The third-order valence-electron chi connectivity index (χ3n) is 4.58. The topological polar surface area (TPSA) is 54.7 Å². The van der Waals surface area contributed by atoms with Crippen molar-refractivity contribution in [1.82, 2.24) is 9.47 Å². The number of rotatable bonds is 4. The van der Waals surface area contributed by atoms with Crippen LogP contribution in [0.2, 0.25) is 0 Å². The number of thioether (sulfide) groups is 1. The highest BCUT2D eigenvalue weighted by molar-refractivity contribution is 8.00. The molecule has 2 heterocycles. The predicted molar refractivity (Wildman–Crippen MR) is 104 cm³/mol. The van der Waals surface area contributed by atoms with Gasteiger partial charge in [0.15, 0.2) is 4.80 Å². The van der Waals surface area contributed by atoms with Crippen LogP contribution in [0, 0.1) is 11.7 Å². The van der Waals surface area contributed by atoms with Crippen LogP contribution in [-0.4, -0.2) is 45.9 Å². The van der Waals surface area contributed by atoms with Crippen LogP contribution in [0.15, 0.2) is 23.2 Å². The van der Waals surface area contributed by atoms with E-state index in [2.05, 4.69) is 11.9 Å². The number of benzene rings is 1. The number of carbonyl (C=O) groups excluding carboxylic acids is 2.